The number of hydrogen-bond acceptors (Lipinski definition) is 7. The Morgan fingerprint density at radius 3 is 2.49 bits per heavy atom. The van der Waals surface area contributed by atoms with Gasteiger partial charge in [-0.1, -0.05) is 12.1 Å². The van der Waals surface area contributed by atoms with Crippen molar-refractivity contribution in [1.82, 2.24) is 24.4 Å². The lowest BCUT2D eigenvalue weighted by atomic mass is 9.91. The first-order chi connectivity index (χ1) is 18.0. The molecule has 11 heteroatoms. The first-order valence-electron chi connectivity index (χ1n) is 12.6. The summed E-state index contributed by atoms with van der Waals surface area (Å²) in [5, 5.41) is 3.64. The molecule has 1 aromatic carbocycles. The maximum absolute atomic E-state index is 14.1. The Morgan fingerprint density at radius 1 is 1.00 bits per heavy atom. The van der Waals surface area contributed by atoms with Crippen LogP contribution in [-0.4, -0.2) is 42.6 Å². The lowest BCUT2D eigenvalue weighted by molar-refractivity contribution is 0.0921. The summed E-state index contributed by atoms with van der Waals surface area (Å²) in [5.41, 5.74) is 0.211. The number of carbonyl (C=O) groups is 1. The molecule has 1 saturated heterocycles. The minimum absolute atomic E-state index is 0.0644. The number of pyridine rings is 1. The van der Waals surface area contributed by atoms with Gasteiger partial charge in [-0.3, -0.25) is 18.7 Å². The van der Waals surface area contributed by atoms with Crippen LogP contribution in [0.4, 0.5) is 4.39 Å². The molecule has 37 heavy (non-hydrogen) atoms. The molecule has 1 saturated carbocycles. The SMILES string of the molecule is O=C(NC1CCC(n2c(=O)c3cc(F)cnc3n(C3CCSCC3)c2=O)CC1)c1nc2ccccc2s1. The fraction of sp³-hybridized carbons (Fsp3) is 0.423. The van der Waals surface area contributed by atoms with E-state index in [-0.39, 0.29) is 40.8 Å². The van der Waals surface area contributed by atoms with Crippen molar-refractivity contribution >= 4 is 50.3 Å². The number of benzene rings is 1. The van der Waals surface area contributed by atoms with Gasteiger partial charge in [0.05, 0.1) is 21.8 Å². The fourth-order valence-electron chi connectivity index (χ4n) is 5.49. The Kier molecular flexibility index (Phi) is 6.58. The van der Waals surface area contributed by atoms with Crippen molar-refractivity contribution in [2.24, 2.45) is 0 Å². The van der Waals surface area contributed by atoms with Crippen LogP contribution >= 0.6 is 23.1 Å². The Labute approximate surface area is 219 Å². The number of hydrogen-bond donors (Lipinski definition) is 1. The van der Waals surface area contributed by atoms with E-state index in [9.17, 15) is 18.8 Å². The van der Waals surface area contributed by atoms with Crippen LogP contribution in [0, 0.1) is 5.82 Å². The van der Waals surface area contributed by atoms with Gasteiger partial charge in [0.15, 0.2) is 5.01 Å². The first kappa shape index (κ1) is 24.3. The van der Waals surface area contributed by atoms with E-state index < -0.39 is 11.4 Å². The number of amides is 1. The topological polar surface area (TPSA) is 98.9 Å². The minimum atomic E-state index is -0.596. The zero-order chi connectivity index (χ0) is 25.5. The normalized spacial score (nSPS) is 20.9. The number of thioether (sulfide) groups is 1. The molecular weight excluding hydrogens is 513 g/mol. The van der Waals surface area contributed by atoms with Gasteiger partial charge in [0.1, 0.15) is 11.5 Å². The van der Waals surface area contributed by atoms with Gasteiger partial charge in [-0.05, 0) is 68.2 Å². The first-order valence-corrected chi connectivity index (χ1v) is 14.5. The van der Waals surface area contributed by atoms with Gasteiger partial charge in [-0.15, -0.1) is 11.3 Å². The molecular formula is C26H26FN5O3S2. The van der Waals surface area contributed by atoms with Crippen LogP contribution in [-0.2, 0) is 0 Å². The van der Waals surface area contributed by atoms with Gasteiger partial charge in [0, 0.05) is 18.1 Å². The van der Waals surface area contributed by atoms with Crippen molar-refractivity contribution in [3.8, 4) is 0 Å². The lowest BCUT2D eigenvalue weighted by Crippen LogP contribution is -2.46. The maximum atomic E-state index is 14.1. The van der Waals surface area contributed by atoms with Gasteiger partial charge in [-0.25, -0.2) is 19.2 Å². The molecule has 1 N–H and O–H groups in total. The third-order valence-corrected chi connectivity index (χ3v) is 9.45. The van der Waals surface area contributed by atoms with E-state index in [0.717, 1.165) is 40.8 Å². The molecule has 1 amide bonds. The highest BCUT2D eigenvalue weighted by atomic mass is 32.2. The molecule has 0 atom stereocenters. The van der Waals surface area contributed by atoms with E-state index in [2.05, 4.69) is 15.3 Å². The van der Waals surface area contributed by atoms with Gasteiger partial charge >= 0.3 is 5.69 Å². The zero-order valence-corrected chi connectivity index (χ0v) is 21.7. The van der Waals surface area contributed by atoms with Crippen LogP contribution in [0.2, 0.25) is 0 Å². The highest BCUT2D eigenvalue weighted by Gasteiger charge is 2.30. The van der Waals surface area contributed by atoms with Gasteiger partial charge in [0.2, 0.25) is 0 Å². The summed E-state index contributed by atoms with van der Waals surface area (Å²) < 4.78 is 18.0. The monoisotopic (exact) mass is 539 g/mol. The summed E-state index contributed by atoms with van der Waals surface area (Å²) in [6, 6.07) is 8.39. The van der Waals surface area contributed by atoms with Crippen LogP contribution in [0.25, 0.3) is 21.3 Å². The summed E-state index contributed by atoms with van der Waals surface area (Å²) in [7, 11) is 0. The van der Waals surface area contributed by atoms with Crippen molar-refractivity contribution in [2.45, 2.75) is 56.7 Å². The Hall–Kier alpha value is -3.05. The second kappa shape index (κ2) is 10.0. The summed E-state index contributed by atoms with van der Waals surface area (Å²) in [4.78, 5) is 48.6. The standard InChI is InChI=1S/C26H26FN5O3S2/c27-15-13-19-22(28-14-15)31(18-9-11-36-12-10-18)26(35)32(25(19)34)17-7-5-16(6-8-17)29-23(33)24-30-20-3-1-2-4-21(20)37-24/h1-4,13-14,16-18H,5-12H2,(H,29,33). The molecule has 6 rings (SSSR count). The summed E-state index contributed by atoms with van der Waals surface area (Å²) >= 11 is 3.21. The molecule has 0 unspecified atom stereocenters. The Morgan fingerprint density at radius 2 is 1.73 bits per heavy atom. The van der Waals surface area contributed by atoms with E-state index >= 15 is 0 Å². The van der Waals surface area contributed by atoms with Crippen LogP contribution in [0.15, 0.2) is 46.1 Å². The Balaban J connectivity index is 1.25. The van der Waals surface area contributed by atoms with E-state index in [1.165, 1.54) is 22.0 Å². The average molecular weight is 540 g/mol. The number of fused-ring (bicyclic) bond motifs is 2. The second-order valence-corrected chi connectivity index (χ2v) is 11.9. The smallest absolute Gasteiger partial charge is 0.333 e. The molecule has 4 heterocycles. The number of carbonyl (C=O) groups excluding carboxylic acids is 1. The fourth-order valence-corrected chi connectivity index (χ4v) is 7.44. The number of para-hydroxylation sites is 1. The number of aromatic nitrogens is 4. The molecule has 1 aliphatic heterocycles. The molecule has 192 valence electrons. The molecule has 0 radical (unpaired) electrons. The number of rotatable bonds is 4. The molecule has 3 aromatic heterocycles. The van der Waals surface area contributed by atoms with Crippen LogP contribution < -0.4 is 16.6 Å². The molecule has 2 fully saturated rings. The summed E-state index contributed by atoms with van der Waals surface area (Å²) in [6.45, 7) is 0. The van der Waals surface area contributed by atoms with Crippen molar-refractivity contribution in [1.29, 1.82) is 0 Å². The summed E-state index contributed by atoms with van der Waals surface area (Å²) in [6.07, 6.45) is 5.07. The maximum Gasteiger partial charge on any atom is 0.333 e. The van der Waals surface area contributed by atoms with Gasteiger partial charge < -0.3 is 5.32 Å². The minimum Gasteiger partial charge on any atom is -0.347 e. The molecule has 4 aromatic rings. The zero-order valence-electron chi connectivity index (χ0n) is 20.1. The largest absolute Gasteiger partial charge is 0.347 e. The van der Waals surface area contributed by atoms with Crippen LogP contribution in [0.3, 0.4) is 0 Å². The number of thiazole rings is 1. The number of halogens is 1. The number of nitrogens with one attached hydrogen (secondary N) is 1. The average Bonchev–Trinajstić information content (AvgIpc) is 3.36. The van der Waals surface area contributed by atoms with Crippen molar-refractivity contribution in [3.05, 3.63) is 68.2 Å². The molecule has 1 aliphatic carbocycles. The van der Waals surface area contributed by atoms with E-state index in [1.54, 1.807) is 4.57 Å². The van der Waals surface area contributed by atoms with Crippen LogP contribution in [0.5, 0.6) is 0 Å². The highest BCUT2D eigenvalue weighted by molar-refractivity contribution is 7.99. The van der Waals surface area contributed by atoms with Crippen molar-refractivity contribution < 1.29 is 9.18 Å². The van der Waals surface area contributed by atoms with Crippen molar-refractivity contribution in [2.75, 3.05) is 11.5 Å². The quantitative estimate of drug-likeness (QED) is 0.416. The third kappa shape index (κ3) is 4.59. The van der Waals surface area contributed by atoms with E-state index in [4.69, 9.17) is 0 Å². The second-order valence-electron chi connectivity index (χ2n) is 9.66. The van der Waals surface area contributed by atoms with Gasteiger partial charge in [0.25, 0.3) is 11.5 Å². The lowest BCUT2D eigenvalue weighted by Gasteiger charge is -2.31. The Bertz CT molecular complexity index is 1570. The third-order valence-electron chi connectivity index (χ3n) is 7.36. The molecule has 0 spiro atoms. The summed E-state index contributed by atoms with van der Waals surface area (Å²) in [5.74, 6) is 1.06. The highest BCUT2D eigenvalue weighted by Crippen LogP contribution is 2.30. The van der Waals surface area contributed by atoms with Crippen molar-refractivity contribution in [3.63, 3.8) is 0 Å². The van der Waals surface area contributed by atoms with Gasteiger partial charge in [-0.2, -0.15) is 11.8 Å². The molecule has 8 nitrogen and oxygen atoms in total. The van der Waals surface area contributed by atoms with E-state index in [1.807, 2.05) is 36.0 Å². The molecule has 0 bridgehead atoms. The predicted molar refractivity (Wildman–Crippen MR) is 144 cm³/mol. The van der Waals surface area contributed by atoms with E-state index in [0.29, 0.717) is 30.7 Å². The predicted octanol–water partition coefficient (Wildman–Crippen LogP) is 4.29. The number of nitrogens with zero attached hydrogens (tertiary/aromatic N) is 4. The molecule has 2 aliphatic rings. The van der Waals surface area contributed by atoms with Crippen LogP contribution in [0.1, 0.15) is 60.4 Å².